The average molecular weight is 1040 g/mol. The molecule has 1 aromatic heterocycles. The fourth-order valence-corrected chi connectivity index (χ4v) is 6.65. The molecule has 2 aromatic rings. The first kappa shape index (κ1) is 59.3. The normalized spacial score (nSPS) is 14.1. The Balaban J connectivity index is 2.45. The first-order valence-corrected chi connectivity index (χ1v) is 21.4. The van der Waals surface area contributed by atoms with Crippen LogP contribution in [0.2, 0.25) is 0 Å². The van der Waals surface area contributed by atoms with Crippen molar-refractivity contribution in [1.82, 2.24) is 47.5 Å². The number of amides is 9. The Labute approximate surface area is 409 Å². The molecule has 1 heterocycles. The second-order valence-electron chi connectivity index (χ2n) is 15.4. The molecule has 8 atom stereocenters. The number of thiol groups is 1. The summed E-state index contributed by atoms with van der Waals surface area (Å²) in [6.45, 7) is 1.10. The largest absolute Gasteiger partial charge is 0.481 e. The summed E-state index contributed by atoms with van der Waals surface area (Å²) >= 11 is 4.05. The number of primary amides is 1. The molecule has 392 valence electrons. The van der Waals surface area contributed by atoms with Gasteiger partial charge in [0, 0.05) is 36.2 Å². The third kappa shape index (κ3) is 20.0. The van der Waals surface area contributed by atoms with Gasteiger partial charge in [-0.2, -0.15) is 12.6 Å². The Morgan fingerprint density at radius 2 is 0.750 bits per heavy atom. The van der Waals surface area contributed by atoms with Crippen LogP contribution in [0.4, 0.5) is 0 Å². The maximum atomic E-state index is 13.9. The molecule has 17 N–H and O–H groups in total. The number of nitrogens with one attached hydrogen (secondary N) is 9. The van der Waals surface area contributed by atoms with Crippen LogP contribution in [0.1, 0.15) is 51.0 Å². The number of aliphatic carboxylic acids is 6. The zero-order valence-corrected chi connectivity index (χ0v) is 38.4. The zero-order valence-electron chi connectivity index (χ0n) is 37.5. The number of H-pyrrole nitrogens is 1. The molecule has 0 saturated carbocycles. The van der Waals surface area contributed by atoms with Gasteiger partial charge in [-0.05, 0) is 11.6 Å². The van der Waals surface area contributed by atoms with E-state index in [9.17, 15) is 97.5 Å². The lowest BCUT2D eigenvalue weighted by Crippen LogP contribution is -2.61. The van der Waals surface area contributed by atoms with Gasteiger partial charge < -0.3 is 83.9 Å². The topological polar surface area (TPSA) is 515 Å². The standard InChI is InChI=1S/C40H50N10O21S/c1-15(51)43-26(14-72)40(71)45-20(6-16-13-42-18-5-3-2-4-17(16)18)34(65)46-22(9-29(56)57)36(67)48-24(11-31(60)61)38(69)50-25(12-32(62)63)39(70)49-23(10-30(58)59)37(68)47-21(8-28(54)55)35(66)44-19(33(41)64)7-27(52)53/h2-5,13,19-26,42,72H,6-12,14H2,1H3,(H2,41,64)(H,43,51)(H,44,66)(H,45,71)(H,46,65)(H,47,68)(H,48,67)(H,49,70)(H,50,69)(H,52,53)(H,54,55)(H,56,57)(H,58,59)(H,60,61)(H,62,63)/t19-,20-,21-,22-,23-,24-,25-,26-/m0/s1. The van der Waals surface area contributed by atoms with E-state index in [0.29, 0.717) is 16.5 Å². The minimum Gasteiger partial charge on any atom is -0.481 e. The van der Waals surface area contributed by atoms with Crippen LogP contribution >= 0.6 is 12.6 Å². The molecular weight excluding hydrogens is 989 g/mol. The molecule has 1 aromatic carbocycles. The number of carboxylic acids is 6. The van der Waals surface area contributed by atoms with E-state index in [1.807, 2.05) is 5.32 Å². The van der Waals surface area contributed by atoms with Crippen molar-refractivity contribution < 1.29 is 103 Å². The molecular formula is C40H50N10O21S. The highest BCUT2D eigenvalue weighted by molar-refractivity contribution is 7.80. The number of benzene rings is 1. The highest BCUT2D eigenvalue weighted by atomic mass is 32.1. The Hall–Kier alpha value is -8.84. The van der Waals surface area contributed by atoms with Crippen LogP contribution in [0, 0.1) is 0 Å². The van der Waals surface area contributed by atoms with E-state index in [-0.39, 0.29) is 12.2 Å². The monoisotopic (exact) mass is 1040 g/mol. The van der Waals surface area contributed by atoms with Crippen LogP contribution in [0.5, 0.6) is 0 Å². The molecule has 0 aliphatic rings. The van der Waals surface area contributed by atoms with E-state index in [0.717, 1.165) is 6.92 Å². The molecule has 0 radical (unpaired) electrons. The number of hydrogen-bond acceptors (Lipinski definition) is 16. The van der Waals surface area contributed by atoms with Crippen molar-refractivity contribution in [3.05, 3.63) is 36.0 Å². The van der Waals surface area contributed by atoms with Gasteiger partial charge in [0.05, 0.1) is 38.5 Å². The van der Waals surface area contributed by atoms with Crippen molar-refractivity contribution in [2.75, 3.05) is 5.75 Å². The molecule has 31 nitrogen and oxygen atoms in total. The summed E-state index contributed by atoms with van der Waals surface area (Å²) in [6.07, 6.45) is -6.65. The predicted octanol–water partition coefficient (Wildman–Crippen LogP) is -6.13. The SMILES string of the molecule is CC(=O)N[C@@H](CS)C(=O)N[C@@H](Cc1c[nH]c2ccccc12)C(=O)N[C@@H](CC(=O)O)C(=O)N[C@@H](CC(=O)O)C(=O)N[C@@H](CC(=O)O)C(=O)N[C@@H](CC(=O)O)C(=O)N[C@@H](CC(=O)O)C(=O)N[C@@H](CC(=O)O)C(N)=O. The minimum atomic E-state index is -2.38. The summed E-state index contributed by atoms with van der Waals surface area (Å²) in [5.41, 5.74) is 6.10. The van der Waals surface area contributed by atoms with Crippen LogP contribution < -0.4 is 48.3 Å². The summed E-state index contributed by atoms with van der Waals surface area (Å²) in [4.78, 5) is 191. The molecule has 0 unspecified atom stereocenters. The number of carbonyl (C=O) groups is 15. The smallest absolute Gasteiger partial charge is 0.305 e. The average Bonchev–Trinajstić information content (AvgIpc) is 3.67. The van der Waals surface area contributed by atoms with E-state index < -0.39 is 176 Å². The minimum absolute atomic E-state index is 0.258. The van der Waals surface area contributed by atoms with Gasteiger partial charge in [0.2, 0.25) is 53.2 Å². The first-order valence-electron chi connectivity index (χ1n) is 20.8. The maximum Gasteiger partial charge on any atom is 0.305 e. The lowest BCUT2D eigenvalue weighted by atomic mass is 10.0. The fourth-order valence-electron chi connectivity index (χ4n) is 6.39. The van der Waals surface area contributed by atoms with Crippen molar-refractivity contribution in [3.63, 3.8) is 0 Å². The molecule has 72 heavy (non-hydrogen) atoms. The number of carbonyl (C=O) groups excluding carboxylic acids is 9. The third-order valence-electron chi connectivity index (χ3n) is 9.71. The zero-order chi connectivity index (χ0) is 54.6. The maximum absolute atomic E-state index is 13.9. The van der Waals surface area contributed by atoms with Crippen LogP contribution in [0.3, 0.4) is 0 Å². The molecule has 0 fully saturated rings. The van der Waals surface area contributed by atoms with Crippen LogP contribution in [0.15, 0.2) is 30.5 Å². The predicted molar refractivity (Wildman–Crippen MR) is 240 cm³/mol. The molecule has 0 aliphatic heterocycles. The highest BCUT2D eigenvalue weighted by Gasteiger charge is 2.37. The second kappa shape index (κ2) is 28.0. The number of nitrogens with two attached hydrogens (primary N) is 1. The van der Waals surface area contributed by atoms with Gasteiger partial charge in [0.25, 0.3) is 0 Å². The Kier molecular flexibility index (Phi) is 23.0. The van der Waals surface area contributed by atoms with Crippen molar-refractivity contribution in [3.8, 4) is 0 Å². The van der Waals surface area contributed by atoms with E-state index in [1.165, 1.54) is 6.20 Å². The molecule has 9 amide bonds. The van der Waals surface area contributed by atoms with Crippen LogP contribution in [0.25, 0.3) is 10.9 Å². The summed E-state index contributed by atoms with van der Waals surface area (Å²) in [5, 5.41) is 73.2. The number of aromatic amines is 1. The number of aromatic nitrogens is 1. The van der Waals surface area contributed by atoms with E-state index in [2.05, 4.69) is 33.6 Å². The third-order valence-corrected chi connectivity index (χ3v) is 10.1. The van der Waals surface area contributed by atoms with Gasteiger partial charge in [-0.25, -0.2) is 0 Å². The molecule has 0 saturated heterocycles. The lowest BCUT2D eigenvalue weighted by molar-refractivity contribution is -0.145. The Morgan fingerprint density at radius 1 is 0.458 bits per heavy atom. The number of fused-ring (bicyclic) bond motifs is 1. The lowest BCUT2D eigenvalue weighted by Gasteiger charge is -2.27. The first-order chi connectivity index (χ1) is 33.6. The molecule has 0 aliphatic carbocycles. The number of para-hydroxylation sites is 1. The van der Waals surface area contributed by atoms with Crippen LogP contribution in [-0.4, -0.2) is 179 Å². The van der Waals surface area contributed by atoms with Crippen molar-refractivity contribution in [2.45, 2.75) is 100 Å². The van der Waals surface area contributed by atoms with E-state index in [4.69, 9.17) is 10.8 Å². The van der Waals surface area contributed by atoms with E-state index in [1.54, 1.807) is 45.5 Å². The highest BCUT2D eigenvalue weighted by Crippen LogP contribution is 2.19. The van der Waals surface area contributed by atoms with Crippen LogP contribution in [-0.2, 0) is 78.3 Å². The molecule has 32 heteroatoms. The number of carboxylic acid groups (broad SMARTS) is 6. The number of hydrogen-bond donors (Lipinski definition) is 17. The van der Waals surface area contributed by atoms with Crippen molar-refractivity contribution in [2.24, 2.45) is 5.73 Å². The molecule has 2 rings (SSSR count). The van der Waals surface area contributed by atoms with Gasteiger partial charge in [0.1, 0.15) is 48.3 Å². The van der Waals surface area contributed by atoms with Gasteiger partial charge >= 0.3 is 35.8 Å². The Bertz CT molecular complexity index is 2460. The molecule has 0 bridgehead atoms. The second-order valence-corrected chi connectivity index (χ2v) is 15.8. The van der Waals surface area contributed by atoms with Gasteiger partial charge in [0.15, 0.2) is 0 Å². The summed E-state index contributed by atoms with van der Waals surface area (Å²) < 4.78 is 0. The van der Waals surface area contributed by atoms with Crippen molar-refractivity contribution >= 4 is 113 Å². The number of rotatable bonds is 31. The fraction of sp³-hybridized carbons (Fsp3) is 0.425. The summed E-state index contributed by atoms with van der Waals surface area (Å²) in [5.74, 6) is -23.3. The molecule has 0 spiro atoms. The quantitative estimate of drug-likeness (QED) is 0.0313. The summed E-state index contributed by atoms with van der Waals surface area (Å²) in [7, 11) is 0. The summed E-state index contributed by atoms with van der Waals surface area (Å²) in [6, 6.07) is -9.59. The Morgan fingerprint density at radius 3 is 1.07 bits per heavy atom. The van der Waals surface area contributed by atoms with Crippen molar-refractivity contribution in [1.29, 1.82) is 0 Å². The van der Waals surface area contributed by atoms with Gasteiger partial charge in [-0.15, -0.1) is 0 Å². The van der Waals surface area contributed by atoms with Gasteiger partial charge in [-0.3, -0.25) is 71.9 Å². The van der Waals surface area contributed by atoms with E-state index >= 15 is 0 Å². The van der Waals surface area contributed by atoms with Gasteiger partial charge in [-0.1, -0.05) is 18.2 Å².